The smallest absolute Gasteiger partial charge is 0.337 e. The Morgan fingerprint density at radius 2 is 1.56 bits per heavy atom. The Balaban J connectivity index is 1.59. The molecule has 0 N–H and O–H groups in total. The van der Waals surface area contributed by atoms with Crippen molar-refractivity contribution in [2.45, 2.75) is 32.3 Å². The molecule has 1 saturated heterocycles. The van der Waals surface area contributed by atoms with Crippen LogP contribution < -0.4 is 4.74 Å². The Morgan fingerprint density at radius 3 is 2.21 bits per heavy atom. The zero-order valence-corrected chi connectivity index (χ0v) is 24.3. The number of hydrogen-bond donors (Lipinski definition) is 0. The molecule has 0 saturated carbocycles. The summed E-state index contributed by atoms with van der Waals surface area (Å²) in [5.41, 5.74) is 6.30. The maximum Gasteiger partial charge on any atom is 0.337 e. The van der Waals surface area contributed by atoms with Crippen LogP contribution in [0.2, 0.25) is 0 Å². The first-order valence-electron chi connectivity index (χ1n) is 14.5. The van der Waals surface area contributed by atoms with Crippen LogP contribution in [-0.4, -0.2) is 41.5 Å². The molecule has 4 aromatic carbocycles. The quantitative estimate of drug-likeness (QED) is 0.188. The predicted molar refractivity (Wildman–Crippen MR) is 165 cm³/mol. The number of fused-ring (bicyclic) bond motifs is 1. The van der Waals surface area contributed by atoms with Crippen molar-refractivity contribution >= 4 is 22.8 Å². The molecule has 0 unspecified atom stereocenters. The molecule has 43 heavy (non-hydrogen) atoms. The molecule has 0 bridgehead atoms. The van der Waals surface area contributed by atoms with Gasteiger partial charge >= 0.3 is 5.97 Å². The summed E-state index contributed by atoms with van der Waals surface area (Å²) in [6.07, 6.45) is 1.56. The highest BCUT2D eigenvalue weighted by molar-refractivity contribution is 6.04. The molecule has 7 heteroatoms. The lowest BCUT2D eigenvalue weighted by Crippen LogP contribution is -2.36. The van der Waals surface area contributed by atoms with Crippen LogP contribution in [0.15, 0.2) is 97.1 Å². The summed E-state index contributed by atoms with van der Waals surface area (Å²) in [4.78, 5) is 26.3. The Morgan fingerprint density at radius 1 is 0.860 bits per heavy atom. The van der Waals surface area contributed by atoms with E-state index in [1.54, 1.807) is 31.2 Å². The molecular weight excluding hydrogens is 543 g/mol. The number of nitrogens with zero attached hydrogens (tertiary/aromatic N) is 2. The summed E-state index contributed by atoms with van der Waals surface area (Å²) in [6, 6.07) is 30.0. The Kier molecular flexibility index (Phi) is 7.97. The molecule has 6 nitrogen and oxygen atoms in total. The summed E-state index contributed by atoms with van der Waals surface area (Å²) >= 11 is 0. The highest BCUT2D eigenvalue weighted by Gasteiger charge is 2.31. The van der Waals surface area contributed by atoms with Gasteiger partial charge in [-0.2, -0.15) is 0 Å². The lowest BCUT2D eigenvalue weighted by molar-refractivity contribution is -0.129. The molecule has 1 aliphatic heterocycles. The zero-order chi connectivity index (χ0) is 29.9. The lowest BCUT2D eigenvalue weighted by atomic mass is 9.88. The molecule has 218 valence electrons. The van der Waals surface area contributed by atoms with E-state index >= 15 is 0 Å². The molecule has 0 atom stereocenters. The van der Waals surface area contributed by atoms with E-state index in [0.29, 0.717) is 25.3 Å². The number of likely N-dealkylation sites (tertiary alicyclic amines) is 1. The van der Waals surface area contributed by atoms with Crippen LogP contribution in [0.3, 0.4) is 0 Å². The van der Waals surface area contributed by atoms with Gasteiger partial charge in [0.2, 0.25) is 5.91 Å². The van der Waals surface area contributed by atoms with Gasteiger partial charge in [-0.3, -0.25) is 4.79 Å². The van der Waals surface area contributed by atoms with Crippen molar-refractivity contribution in [3.63, 3.8) is 0 Å². The monoisotopic (exact) mass is 576 g/mol. The SMILES string of the molecule is COC(=O)c1ccc(-c2c(C3CCN(C(C)=O)CC3)n(-c3ccc(F)cc3)c3cccc(OCc4ccccc4)c23)cc1. The molecule has 6 rings (SSSR count). The number of carbonyl (C=O) groups excluding carboxylic acids is 2. The highest BCUT2D eigenvalue weighted by Crippen LogP contribution is 2.47. The maximum absolute atomic E-state index is 14.1. The highest BCUT2D eigenvalue weighted by atomic mass is 19.1. The number of hydrogen-bond acceptors (Lipinski definition) is 4. The van der Waals surface area contributed by atoms with Crippen molar-refractivity contribution < 1.29 is 23.5 Å². The van der Waals surface area contributed by atoms with Crippen LogP contribution in [0.5, 0.6) is 5.75 Å². The van der Waals surface area contributed by atoms with E-state index in [2.05, 4.69) is 10.6 Å². The number of piperidine rings is 1. The molecule has 1 aliphatic rings. The predicted octanol–water partition coefficient (Wildman–Crippen LogP) is 7.53. The van der Waals surface area contributed by atoms with E-state index in [4.69, 9.17) is 9.47 Å². The first-order valence-corrected chi connectivity index (χ1v) is 14.5. The van der Waals surface area contributed by atoms with Gasteiger partial charge in [-0.15, -0.1) is 0 Å². The molecule has 0 aliphatic carbocycles. The van der Waals surface area contributed by atoms with Crippen molar-refractivity contribution in [1.82, 2.24) is 9.47 Å². The lowest BCUT2D eigenvalue weighted by Gasteiger charge is -2.32. The van der Waals surface area contributed by atoms with Gasteiger partial charge in [-0.25, -0.2) is 9.18 Å². The van der Waals surface area contributed by atoms with E-state index in [9.17, 15) is 14.0 Å². The van der Waals surface area contributed by atoms with Crippen molar-refractivity contribution in [2.24, 2.45) is 0 Å². The summed E-state index contributed by atoms with van der Waals surface area (Å²) in [5.74, 6) is 0.223. The standard InChI is InChI=1S/C36H33FN2O4/c1-24(40)38-21-19-27(20-22-38)35-33(26-11-13-28(14-12-26)36(41)42-2)34-31(39(35)30-17-15-29(37)16-18-30)9-6-10-32(34)43-23-25-7-4-3-5-8-25/h3-18,27H,19-23H2,1-2H3. The second-order valence-electron chi connectivity index (χ2n) is 10.8. The molecular formula is C36H33FN2O4. The average Bonchev–Trinajstić information content (AvgIpc) is 3.40. The van der Waals surface area contributed by atoms with E-state index in [0.717, 1.165) is 57.6 Å². The summed E-state index contributed by atoms with van der Waals surface area (Å²) in [6.45, 7) is 3.32. The first kappa shape index (κ1) is 28.2. The average molecular weight is 577 g/mol. The van der Waals surface area contributed by atoms with Crippen LogP contribution in [0.25, 0.3) is 27.7 Å². The normalized spacial score (nSPS) is 13.7. The zero-order valence-electron chi connectivity index (χ0n) is 24.3. The maximum atomic E-state index is 14.1. The number of benzene rings is 4. The van der Waals surface area contributed by atoms with Gasteiger partial charge in [0.1, 0.15) is 18.2 Å². The van der Waals surface area contributed by atoms with Crippen LogP contribution in [-0.2, 0) is 16.1 Å². The van der Waals surface area contributed by atoms with Gasteiger partial charge in [0.05, 0.1) is 23.6 Å². The van der Waals surface area contributed by atoms with Gasteiger partial charge in [-0.1, -0.05) is 48.5 Å². The summed E-state index contributed by atoms with van der Waals surface area (Å²) in [5, 5.41) is 0.942. The third kappa shape index (κ3) is 5.63. The fraction of sp³-hybridized carbons (Fsp3) is 0.222. The minimum Gasteiger partial charge on any atom is -0.488 e. The number of carbonyl (C=O) groups is 2. The fourth-order valence-corrected chi connectivity index (χ4v) is 6.09. The van der Waals surface area contributed by atoms with Crippen LogP contribution in [0.4, 0.5) is 4.39 Å². The number of halogens is 1. The number of aromatic nitrogens is 1. The second kappa shape index (κ2) is 12.1. The number of amides is 1. The molecule has 2 heterocycles. The van der Waals surface area contributed by atoms with Crippen LogP contribution >= 0.6 is 0 Å². The molecule has 1 aromatic heterocycles. The Labute approximate surface area is 250 Å². The Bertz CT molecular complexity index is 1750. The van der Waals surface area contributed by atoms with Crippen molar-refractivity contribution in [1.29, 1.82) is 0 Å². The van der Waals surface area contributed by atoms with Gasteiger partial charge < -0.3 is 18.9 Å². The molecule has 1 amide bonds. The van der Waals surface area contributed by atoms with Crippen molar-refractivity contribution in [2.75, 3.05) is 20.2 Å². The molecule has 1 fully saturated rings. The number of rotatable bonds is 7. The molecule has 0 spiro atoms. The minimum absolute atomic E-state index is 0.0766. The van der Waals surface area contributed by atoms with Crippen LogP contribution in [0.1, 0.15) is 47.3 Å². The van der Waals surface area contributed by atoms with Gasteiger partial charge in [0.15, 0.2) is 0 Å². The van der Waals surface area contributed by atoms with Gasteiger partial charge in [0.25, 0.3) is 0 Å². The fourth-order valence-electron chi connectivity index (χ4n) is 6.09. The Hall–Kier alpha value is -4.91. The topological polar surface area (TPSA) is 60.8 Å². The third-order valence-corrected chi connectivity index (χ3v) is 8.24. The minimum atomic E-state index is -0.399. The van der Waals surface area contributed by atoms with E-state index in [-0.39, 0.29) is 17.6 Å². The third-order valence-electron chi connectivity index (χ3n) is 8.24. The van der Waals surface area contributed by atoms with Crippen molar-refractivity contribution in [3.8, 4) is 22.6 Å². The molecule has 5 aromatic rings. The van der Waals surface area contributed by atoms with Crippen molar-refractivity contribution in [3.05, 3.63) is 120 Å². The number of ether oxygens (including phenoxy) is 2. The van der Waals surface area contributed by atoms with Gasteiger partial charge in [0, 0.05) is 42.9 Å². The molecule has 0 radical (unpaired) electrons. The summed E-state index contributed by atoms with van der Waals surface area (Å²) < 4.78 is 27.8. The number of esters is 1. The second-order valence-corrected chi connectivity index (χ2v) is 10.8. The van der Waals surface area contributed by atoms with E-state index in [1.165, 1.54) is 19.2 Å². The van der Waals surface area contributed by atoms with Crippen LogP contribution in [0, 0.1) is 5.82 Å². The van der Waals surface area contributed by atoms with E-state index in [1.807, 2.05) is 59.5 Å². The van der Waals surface area contributed by atoms with E-state index < -0.39 is 5.97 Å². The number of methoxy groups -OCH3 is 1. The summed E-state index contributed by atoms with van der Waals surface area (Å²) in [7, 11) is 1.37. The first-order chi connectivity index (χ1) is 20.9. The van der Waals surface area contributed by atoms with Gasteiger partial charge in [-0.05, 0) is 72.5 Å². The largest absolute Gasteiger partial charge is 0.488 e.